The lowest BCUT2D eigenvalue weighted by molar-refractivity contribution is 0.0300. The largest absolute Gasteiger partial charge is 0.506 e. The van der Waals surface area contributed by atoms with Gasteiger partial charge in [-0.05, 0) is 29.7 Å². The molecule has 0 radical (unpaired) electrons. The van der Waals surface area contributed by atoms with Crippen LogP contribution in [-0.4, -0.2) is 17.6 Å². The van der Waals surface area contributed by atoms with Gasteiger partial charge in [0.2, 0.25) is 0 Å². The fraction of sp³-hybridized carbons (Fsp3) is 0.235. The van der Waals surface area contributed by atoms with Crippen LogP contribution in [0.2, 0.25) is 5.02 Å². The highest BCUT2D eigenvalue weighted by atomic mass is 35.5. The number of benzene rings is 2. The Hall–Kier alpha value is -2.04. The van der Waals surface area contributed by atoms with E-state index >= 15 is 0 Å². The smallest absolute Gasteiger partial charge is 0.278 e. The molecule has 0 bridgehead atoms. The minimum absolute atomic E-state index is 0.0860. The molecule has 0 aliphatic carbocycles. The van der Waals surface area contributed by atoms with E-state index in [9.17, 15) is 9.90 Å². The topological polar surface area (TPSA) is 58.6 Å². The number of unbranched alkanes of at least 4 members (excludes halogenated alkanes) is 1. The standard InChI is InChI=1S/C17H18ClNO3/c1-2-3-9-22-19-17(21)14-10-13(11-15(18)16(14)20)12-7-5-4-6-8-12/h4-8,10-11,20H,2-3,9H2,1H3,(H,19,21). The van der Waals surface area contributed by atoms with Crippen LogP contribution < -0.4 is 5.48 Å². The van der Waals surface area contributed by atoms with Crippen LogP contribution in [0.15, 0.2) is 42.5 Å². The first-order valence-corrected chi connectivity index (χ1v) is 7.51. The Balaban J connectivity index is 2.23. The molecular formula is C17H18ClNO3. The first-order chi connectivity index (χ1) is 10.6. The number of hydroxylamine groups is 1. The van der Waals surface area contributed by atoms with Gasteiger partial charge in [0.1, 0.15) is 5.75 Å². The number of phenolic OH excluding ortho intramolecular Hbond substituents is 1. The molecule has 2 aromatic rings. The van der Waals surface area contributed by atoms with Gasteiger partial charge in [-0.15, -0.1) is 0 Å². The number of nitrogens with one attached hydrogen (secondary N) is 1. The third kappa shape index (κ3) is 4.00. The van der Waals surface area contributed by atoms with E-state index in [2.05, 4.69) is 5.48 Å². The number of carbonyl (C=O) groups excluding carboxylic acids is 1. The molecule has 22 heavy (non-hydrogen) atoms. The lowest BCUT2D eigenvalue weighted by atomic mass is 10.0. The molecule has 1 amide bonds. The summed E-state index contributed by atoms with van der Waals surface area (Å²) in [5, 5.41) is 10.1. The van der Waals surface area contributed by atoms with Gasteiger partial charge in [0, 0.05) is 0 Å². The number of phenols is 1. The number of hydrogen-bond acceptors (Lipinski definition) is 3. The van der Waals surface area contributed by atoms with Crippen molar-refractivity contribution in [2.45, 2.75) is 19.8 Å². The molecular weight excluding hydrogens is 302 g/mol. The van der Waals surface area contributed by atoms with Gasteiger partial charge in [0.25, 0.3) is 5.91 Å². The zero-order valence-corrected chi connectivity index (χ0v) is 13.1. The predicted octanol–water partition coefficient (Wildman–Crippen LogP) is 4.17. The maximum atomic E-state index is 12.1. The summed E-state index contributed by atoms with van der Waals surface area (Å²) in [5.41, 5.74) is 4.07. The predicted molar refractivity (Wildman–Crippen MR) is 86.9 cm³/mol. The Kier molecular flexibility index (Phi) is 5.81. The van der Waals surface area contributed by atoms with Crippen molar-refractivity contribution in [2.75, 3.05) is 6.61 Å². The molecule has 0 heterocycles. The van der Waals surface area contributed by atoms with E-state index in [-0.39, 0.29) is 16.3 Å². The molecule has 2 aromatic carbocycles. The first-order valence-electron chi connectivity index (χ1n) is 7.13. The molecule has 2 rings (SSSR count). The summed E-state index contributed by atoms with van der Waals surface area (Å²) in [6.07, 6.45) is 1.81. The molecule has 0 aliphatic heterocycles. The van der Waals surface area contributed by atoms with Gasteiger partial charge < -0.3 is 5.11 Å². The van der Waals surface area contributed by atoms with Crippen LogP contribution in [-0.2, 0) is 4.84 Å². The molecule has 0 unspecified atom stereocenters. The van der Waals surface area contributed by atoms with Crippen molar-refractivity contribution in [3.05, 3.63) is 53.1 Å². The average Bonchev–Trinajstić information content (AvgIpc) is 2.54. The Bertz CT molecular complexity index is 644. The maximum absolute atomic E-state index is 12.1. The lowest BCUT2D eigenvalue weighted by Crippen LogP contribution is -2.24. The van der Waals surface area contributed by atoms with E-state index in [4.69, 9.17) is 16.4 Å². The monoisotopic (exact) mass is 319 g/mol. The lowest BCUT2D eigenvalue weighted by Gasteiger charge is -2.10. The fourth-order valence-corrected chi connectivity index (χ4v) is 2.18. The molecule has 0 atom stereocenters. The van der Waals surface area contributed by atoms with E-state index in [1.54, 1.807) is 12.1 Å². The highest BCUT2D eigenvalue weighted by molar-refractivity contribution is 6.33. The Morgan fingerprint density at radius 3 is 2.64 bits per heavy atom. The first kappa shape index (κ1) is 16.3. The van der Waals surface area contributed by atoms with Crippen molar-refractivity contribution in [1.29, 1.82) is 0 Å². The van der Waals surface area contributed by atoms with Gasteiger partial charge in [-0.2, -0.15) is 0 Å². The summed E-state index contributed by atoms with van der Waals surface area (Å²) in [6.45, 7) is 2.45. The number of amides is 1. The number of carbonyl (C=O) groups is 1. The molecule has 0 fully saturated rings. The minimum Gasteiger partial charge on any atom is -0.506 e. The summed E-state index contributed by atoms with van der Waals surface area (Å²) in [7, 11) is 0. The van der Waals surface area contributed by atoms with Gasteiger partial charge in [-0.1, -0.05) is 55.3 Å². The summed E-state index contributed by atoms with van der Waals surface area (Å²) >= 11 is 6.03. The maximum Gasteiger partial charge on any atom is 0.278 e. The highest BCUT2D eigenvalue weighted by Crippen LogP contribution is 2.33. The normalized spacial score (nSPS) is 10.5. The SMILES string of the molecule is CCCCONC(=O)c1cc(-c2ccccc2)cc(Cl)c1O. The van der Waals surface area contributed by atoms with Crippen LogP contribution >= 0.6 is 11.6 Å². The van der Waals surface area contributed by atoms with Crippen molar-refractivity contribution in [1.82, 2.24) is 5.48 Å². The Morgan fingerprint density at radius 2 is 1.95 bits per heavy atom. The minimum atomic E-state index is -0.520. The number of aromatic hydroxyl groups is 1. The van der Waals surface area contributed by atoms with Gasteiger partial charge in [0.15, 0.2) is 0 Å². The Labute approximate surface area is 134 Å². The second-order valence-electron chi connectivity index (χ2n) is 4.85. The number of halogens is 1. The van der Waals surface area contributed by atoms with E-state index < -0.39 is 5.91 Å². The Morgan fingerprint density at radius 1 is 1.23 bits per heavy atom. The molecule has 0 aromatic heterocycles. The van der Waals surface area contributed by atoms with Crippen molar-refractivity contribution < 1.29 is 14.7 Å². The van der Waals surface area contributed by atoms with Crippen LogP contribution in [0, 0.1) is 0 Å². The van der Waals surface area contributed by atoms with E-state index in [0.29, 0.717) is 6.61 Å². The fourth-order valence-electron chi connectivity index (χ4n) is 1.96. The second kappa shape index (κ2) is 7.82. The molecule has 0 saturated carbocycles. The van der Waals surface area contributed by atoms with Crippen LogP contribution in [0.3, 0.4) is 0 Å². The van der Waals surface area contributed by atoms with Crippen LogP contribution in [0.5, 0.6) is 5.75 Å². The molecule has 116 valence electrons. The van der Waals surface area contributed by atoms with Gasteiger partial charge in [-0.25, -0.2) is 5.48 Å². The zero-order valence-electron chi connectivity index (χ0n) is 12.3. The van der Waals surface area contributed by atoms with Crippen molar-refractivity contribution in [2.24, 2.45) is 0 Å². The van der Waals surface area contributed by atoms with Crippen molar-refractivity contribution >= 4 is 17.5 Å². The van der Waals surface area contributed by atoms with E-state index in [0.717, 1.165) is 24.0 Å². The molecule has 0 aliphatic rings. The van der Waals surface area contributed by atoms with Crippen LogP contribution in [0.1, 0.15) is 30.1 Å². The van der Waals surface area contributed by atoms with Gasteiger partial charge >= 0.3 is 0 Å². The summed E-state index contributed by atoms with van der Waals surface area (Å²) < 4.78 is 0. The number of hydrogen-bond donors (Lipinski definition) is 2. The van der Waals surface area contributed by atoms with E-state index in [1.165, 1.54) is 0 Å². The highest BCUT2D eigenvalue weighted by Gasteiger charge is 2.16. The van der Waals surface area contributed by atoms with Gasteiger partial charge in [-0.3, -0.25) is 9.63 Å². The van der Waals surface area contributed by atoms with E-state index in [1.807, 2.05) is 37.3 Å². The van der Waals surface area contributed by atoms with Crippen LogP contribution in [0.4, 0.5) is 0 Å². The molecule has 0 spiro atoms. The molecule has 5 heteroatoms. The summed E-state index contributed by atoms with van der Waals surface area (Å²) in [6, 6.07) is 12.7. The van der Waals surface area contributed by atoms with Crippen molar-refractivity contribution in [3.8, 4) is 16.9 Å². The zero-order chi connectivity index (χ0) is 15.9. The summed E-state index contributed by atoms with van der Waals surface area (Å²) in [5.74, 6) is -0.772. The van der Waals surface area contributed by atoms with Crippen LogP contribution in [0.25, 0.3) is 11.1 Å². The third-order valence-corrected chi connectivity index (χ3v) is 3.47. The quantitative estimate of drug-likeness (QED) is 0.620. The molecule has 4 nitrogen and oxygen atoms in total. The van der Waals surface area contributed by atoms with Gasteiger partial charge in [0.05, 0.1) is 17.2 Å². The summed E-state index contributed by atoms with van der Waals surface area (Å²) in [4.78, 5) is 17.2. The second-order valence-corrected chi connectivity index (χ2v) is 5.26. The molecule has 0 saturated heterocycles. The van der Waals surface area contributed by atoms with Crippen molar-refractivity contribution in [3.63, 3.8) is 0 Å². The third-order valence-electron chi connectivity index (χ3n) is 3.18. The number of rotatable bonds is 6. The average molecular weight is 320 g/mol. The molecule has 2 N–H and O–H groups in total.